The average molecular weight is 763 g/mol. The Kier molecular flexibility index (Phi) is 15.8. The predicted octanol–water partition coefficient (Wildman–Crippen LogP) is 2.60. The number of rotatable bonds is 8. The smallest absolute Gasteiger partial charge is 0.311 e. The van der Waals surface area contributed by atoms with E-state index in [0.717, 1.165) is 0 Å². The predicted molar refractivity (Wildman–Crippen MR) is 199 cm³/mol. The lowest BCUT2D eigenvalue weighted by Crippen LogP contribution is -2.63. The molecule has 18 atom stereocenters. The molecule has 14 heteroatoms. The Bertz CT molecular complexity index is 1180. The lowest BCUT2D eigenvalue weighted by atomic mass is 9.71. The molecule has 0 spiro atoms. The number of hydrogen-bond donors (Lipinski definition) is 5. The summed E-state index contributed by atoms with van der Waals surface area (Å²) in [5.74, 6) is -2.53. The van der Waals surface area contributed by atoms with Gasteiger partial charge in [0, 0.05) is 45.2 Å². The van der Waals surface area contributed by atoms with Crippen molar-refractivity contribution in [3.8, 4) is 0 Å². The van der Waals surface area contributed by atoms with Crippen molar-refractivity contribution in [1.82, 2.24) is 10.2 Å². The molecule has 0 amide bonds. The molecule has 3 heterocycles. The zero-order valence-electron chi connectivity index (χ0n) is 35.1. The Balaban J connectivity index is 2.24. The van der Waals surface area contributed by atoms with Crippen molar-refractivity contribution >= 4 is 5.97 Å². The maximum atomic E-state index is 14.5. The van der Waals surface area contributed by atoms with Crippen LogP contribution in [0.3, 0.4) is 0 Å². The summed E-state index contributed by atoms with van der Waals surface area (Å²) < 4.78 is 44.0. The first-order valence-corrected chi connectivity index (χ1v) is 19.5. The van der Waals surface area contributed by atoms with Crippen LogP contribution in [0, 0.1) is 17.8 Å². The van der Waals surface area contributed by atoms with Crippen LogP contribution in [0.15, 0.2) is 0 Å². The van der Waals surface area contributed by atoms with Crippen molar-refractivity contribution < 1.29 is 58.4 Å². The lowest BCUT2D eigenvalue weighted by Gasteiger charge is -2.52. The van der Waals surface area contributed by atoms with Crippen LogP contribution in [-0.4, -0.2) is 156 Å². The molecule has 0 saturated carbocycles. The molecule has 3 saturated heterocycles. The van der Waals surface area contributed by atoms with Gasteiger partial charge in [-0.1, -0.05) is 20.8 Å². The summed E-state index contributed by atoms with van der Waals surface area (Å²) in [7, 11) is 6.77. The quantitative estimate of drug-likeness (QED) is 0.228. The van der Waals surface area contributed by atoms with E-state index in [1.807, 2.05) is 41.7 Å². The van der Waals surface area contributed by atoms with Crippen molar-refractivity contribution in [3.05, 3.63) is 0 Å². The molecule has 0 unspecified atom stereocenters. The van der Waals surface area contributed by atoms with E-state index in [2.05, 4.69) is 10.2 Å². The normalized spacial score (nSPS) is 50.2. The number of carbonyl (C=O) groups excluding carboxylic acids is 1. The number of ether oxygens (including phenoxy) is 7. The molecule has 3 aliphatic rings. The number of carbonyl (C=O) groups is 1. The standard InChI is InChI=1S/C39H74N2O12/c1-16-28-38(10,46)33(47-14)25(6)41(13)20-21(2)18-36(8,45)32(52-35-30(42)27(40-12)17-22(3)49-35)23(4)39(11,24(5)34(44)51-28)53-29-19-37(9,48-15)31(43)26(7)50-29/h21-33,35,40,42-43,45-46H,16-20H2,1-15H3/t21-,22-,23-,24+,25-,26-,27-,28-,29-,30-,31-,32-,33-,35+,36-,37+,38-,39+/m1/s1. The van der Waals surface area contributed by atoms with Gasteiger partial charge in [0.25, 0.3) is 0 Å². The first kappa shape index (κ1) is 46.4. The van der Waals surface area contributed by atoms with E-state index in [1.165, 1.54) is 14.2 Å². The Morgan fingerprint density at radius 1 is 0.962 bits per heavy atom. The monoisotopic (exact) mass is 763 g/mol. The van der Waals surface area contributed by atoms with Gasteiger partial charge in [0.05, 0.1) is 41.0 Å². The van der Waals surface area contributed by atoms with Crippen LogP contribution in [-0.2, 0) is 38.0 Å². The largest absolute Gasteiger partial charge is 0.459 e. The molecule has 0 aromatic rings. The zero-order valence-corrected chi connectivity index (χ0v) is 35.1. The Morgan fingerprint density at radius 2 is 1.58 bits per heavy atom. The molecule has 14 nitrogen and oxygen atoms in total. The van der Waals surface area contributed by atoms with Gasteiger partial charge in [0.1, 0.15) is 30.0 Å². The minimum Gasteiger partial charge on any atom is -0.459 e. The summed E-state index contributed by atoms with van der Waals surface area (Å²) in [5.41, 5.74) is -5.63. The Morgan fingerprint density at radius 3 is 2.13 bits per heavy atom. The van der Waals surface area contributed by atoms with Crippen LogP contribution in [0.2, 0.25) is 0 Å². The third-order valence-electron chi connectivity index (χ3n) is 12.9. The number of cyclic esters (lactones) is 1. The molecule has 312 valence electrons. The average Bonchev–Trinajstić information content (AvgIpc) is 3.07. The van der Waals surface area contributed by atoms with Gasteiger partial charge in [-0.15, -0.1) is 0 Å². The van der Waals surface area contributed by atoms with Crippen LogP contribution in [0.25, 0.3) is 0 Å². The Labute approximate surface area is 318 Å². The third-order valence-corrected chi connectivity index (χ3v) is 12.9. The fourth-order valence-corrected chi connectivity index (χ4v) is 9.15. The van der Waals surface area contributed by atoms with E-state index >= 15 is 0 Å². The van der Waals surface area contributed by atoms with Crippen molar-refractivity contribution in [2.75, 3.05) is 34.9 Å². The van der Waals surface area contributed by atoms with Crippen molar-refractivity contribution in [1.29, 1.82) is 0 Å². The van der Waals surface area contributed by atoms with Gasteiger partial charge in [0.15, 0.2) is 12.6 Å². The van der Waals surface area contributed by atoms with Gasteiger partial charge < -0.3 is 63.8 Å². The number of nitrogens with one attached hydrogen (secondary N) is 1. The van der Waals surface area contributed by atoms with Gasteiger partial charge in [0.2, 0.25) is 0 Å². The molecule has 53 heavy (non-hydrogen) atoms. The first-order chi connectivity index (χ1) is 24.4. The zero-order chi connectivity index (χ0) is 40.4. The molecule has 5 N–H and O–H groups in total. The summed E-state index contributed by atoms with van der Waals surface area (Å²) in [5, 5.41) is 50.3. The number of likely N-dealkylation sites (N-methyl/N-ethyl adjacent to an activating group) is 2. The van der Waals surface area contributed by atoms with Gasteiger partial charge in [-0.3, -0.25) is 4.79 Å². The van der Waals surface area contributed by atoms with Crippen LogP contribution in [0.1, 0.15) is 102 Å². The summed E-state index contributed by atoms with van der Waals surface area (Å²) in [6, 6.07) is -0.626. The number of hydrogen-bond acceptors (Lipinski definition) is 14. The van der Waals surface area contributed by atoms with Crippen LogP contribution >= 0.6 is 0 Å². The van der Waals surface area contributed by atoms with Crippen LogP contribution in [0.5, 0.6) is 0 Å². The highest BCUT2D eigenvalue weighted by Gasteiger charge is 2.57. The fraction of sp³-hybridized carbons (Fsp3) is 0.974. The van der Waals surface area contributed by atoms with E-state index in [-0.39, 0.29) is 36.9 Å². The molecule has 3 aliphatic heterocycles. The molecule has 0 aromatic carbocycles. The number of methoxy groups -OCH3 is 2. The summed E-state index contributed by atoms with van der Waals surface area (Å²) in [6.07, 6.45) is -6.46. The van der Waals surface area contributed by atoms with Gasteiger partial charge in [-0.2, -0.15) is 0 Å². The second-order valence-electron chi connectivity index (χ2n) is 17.3. The van der Waals surface area contributed by atoms with Crippen LogP contribution in [0.4, 0.5) is 0 Å². The van der Waals surface area contributed by atoms with E-state index in [1.54, 1.807) is 48.6 Å². The summed E-state index contributed by atoms with van der Waals surface area (Å²) in [4.78, 5) is 16.6. The van der Waals surface area contributed by atoms with Crippen LogP contribution < -0.4 is 5.32 Å². The minimum atomic E-state index is -1.58. The molecular formula is C39H74N2O12. The van der Waals surface area contributed by atoms with E-state index in [9.17, 15) is 25.2 Å². The molecular weight excluding hydrogens is 688 g/mol. The highest BCUT2D eigenvalue weighted by molar-refractivity contribution is 5.74. The van der Waals surface area contributed by atoms with E-state index < -0.39 is 89.4 Å². The second kappa shape index (κ2) is 18.1. The van der Waals surface area contributed by atoms with Crippen molar-refractivity contribution in [2.45, 2.75) is 192 Å². The van der Waals surface area contributed by atoms with Crippen molar-refractivity contribution in [3.63, 3.8) is 0 Å². The minimum absolute atomic E-state index is 0.0969. The molecule has 3 fully saturated rings. The van der Waals surface area contributed by atoms with E-state index in [4.69, 9.17) is 33.2 Å². The van der Waals surface area contributed by atoms with Gasteiger partial charge in [-0.25, -0.2) is 0 Å². The van der Waals surface area contributed by atoms with E-state index in [0.29, 0.717) is 19.4 Å². The topological polar surface area (TPSA) is 178 Å². The lowest BCUT2D eigenvalue weighted by molar-refractivity contribution is -0.334. The number of nitrogens with zero attached hydrogens (tertiary/aromatic N) is 1. The maximum absolute atomic E-state index is 14.5. The highest BCUT2D eigenvalue weighted by Crippen LogP contribution is 2.45. The molecule has 0 aliphatic carbocycles. The summed E-state index contributed by atoms with van der Waals surface area (Å²) in [6.45, 7) is 20.4. The number of esters is 1. The second-order valence-corrected chi connectivity index (χ2v) is 17.3. The van der Waals surface area contributed by atoms with Gasteiger partial charge >= 0.3 is 5.97 Å². The molecule has 0 bridgehead atoms. The van der Waals surface area contributed by atoms with Gasteiger partial charge in [-0.05, 0) is 94.7 Å². The fourth-order valence-electron chi connectivity index (χ4n) is 9.15. The summed E-state index contributed by atoms with van der Waals surface area (Å²) >= 11 is 0. The Hall–Kier alpha value is -1.01. The van der Waals surface area contributed by atoms with Crippen molar-refractivity contribution in [2.24, 2.45) is 17.8 Å². The maximum Gasteiger partial charge on any atom is 0.311 e. The molecule has 0 aromatic heterocycles. The molecule has 0 radical (unpaired) electrons. The molecule has 3 rings (SSSR count). The number of aliphatic hydroxyl groups is 4. The SMILES string of the molecule is CC[C@H]1OC(=O)[C@H](C)[C@@](C)(O[C@@H]2C[C@](C)(OC)[C@H](O)[C@@H](C)O2)[C@H](C)[C@@H](O[C@@H]2O[C@H](C)C[C@@H](NC)[C@H]2O)[C@](C)(O)C[C@@H](C)CN(C)[C@H](C)[C@@H](OC)[C@]1(C)O. The highest BCUT2D eigenvalue weighted by atomic mass is 16.7. The first-order valence-electron chi connectivity index (χ1n) is 19.5. The third kappa shape index (κ3) is 9.93. The number of aliphatic hydroxyl groups excluding tert-OH is 2.